The van der Waals surface area contributed by atoms with Crippen molar-refractivity contribution in [2.75, 3.05) is 0 Å². The lowest BCUT2D eigenvalue weighted by Crippen LogP contribution is -2.63. The Labute approximate surface area is 140 Å². The molecule has 2 aliphatic carbocycles. The zero-order valence-electron chi connectivity index (χ0n) is 15.2. The molecule has 0 amide bonds. The first-order valence-corrected chi connectivity index (χ1v) is 9.17. The van der Waals surface area contributed by atoms with Crippen LogP contribution in [0.4, 0.5) is 0 Å². The summed E-state index contributed by atoms with van der Waals surface area (Å²) < 4.78 is 6.59. The second-order valence-electron chi connectivity index (χ2n) is 9.20. The maximum absolute atomic E-state index is 12.0. The standard InChI is InChI=1S/C20H32O3/c1-6-17(2)12-8-15-18(3)10-7-11-19(4,16(21)22)14(18)9-13-20(15,5)23-17/h6,14-15H,1,7-13H2,2-5H3,(H,21,22)/t14-,15-,17-,18-,19-,20+/m0/s1. The normalized spacial score (nSPS) is 53.0. The van der Waals surface area contributed by atoms with Crippen LogP contribution >= 0.6 is 0 Å². The minimum Gasteiger partial charge on any atom is -0.481 e. The highest BCUT2D eigenvalue weighted by Gasteiger charge is 2.63. The van der Waals surface area contributed by atoms with Crippen molar-refractivity contribution in [3.05, 3.63) is 12.7 Å². The first-order chi connectivity index (χ1) is 10.6. The Hall–Kier alpha value is -0.830. The van der Waals surface area contributed by atoms with Crippen molar-refractivity contribution in [3.63, 3.8) is 0 Å². The summed E-state index contributed by atoms with van der Waals surface area (Å²) in [5, 5.41) is 9.89. The highest BCUT2D eigenvalue weighted by molar-refractivity contribution is 5.75. The van der Waals surface area contributed by atoms with Crippen LogP contribution in [0.1, 0.15) is 72.6 Å². The van der Waals surface area contributed by atoms with Gasteiger partial charge in [-0.25, -0.2) is 0 Å². The van der Waals surface area contributed by atoms with Gasteiger partial charge in [0.15, 0.2) is 0 Å². The van der Waals surface area contributed by atoms with E-state index < -0.39 is 11.4 Å². The molecule has 1 N–H and O–H groups in total. The highest BCUT2D eigenvalue weighted by Crippen LogP contribution is 2.65. The summed E-state index contributed by atoms with van der Waals surface area (Å²) in [6, 6.07) is 0. The molecule has 3 aliphatic rings. The maximum Gasteiger partial charge on any atom is 0.309 e. The molecular formula is C20H32O3. The Morgan fingerprint density at radius 2 is 1.74 bits per heavy atom. The van der Waals surface area contributed by atoms with E-state index in [4.69, 9.17) is 4.74 Å². The van der Waals surface area contributed by atoms with Gasteiger partial charge in [0.25, 0.3) is 0 Å². The Bertz CT molecular complexity index is 529. The molecule has 1 saturated heterocycles. The monoisotopic (exact) mass is 320 g/mol. The van der Waals surface area contributed by atoms with Gasteiger partial charge in [0.2, 0.25) is 0 Å². The number of rotatable bonds is 2. The Morgan fingerprint density at radius 3 is 2.35 bits per heavy atom. The number of fused-ring (bicyclic) bond motifs is 3. The molecule has 0 aromatic rings. The minimum atomic E-state index is -0.607. The van der Waals surface area contributed by atoms with Crippen LogP contribution in [0, 0.1) is 22.7 Å². The molecule has 0 bridgehead atoms. The lowest BCUT2D eigenvalue weighted by Gasteiger charge is -2.64. The van der Waals surface area contributed by atoms with Crippen molar-refractivity contribution in [1.82, 2.24) is 0 Å². The maximum atomic E-state index is 12.0. The molecule has 3 nitrogen and oxygen atoms in total. The third kappa shape index (κ3) is 2.30. The molecule has 6 atom stereocenters. The van der Waals surface area contributed by atoms with E-state index in [1.54, 1.807) is 0 Å². The van der Waals surface area contributed by atoms with Crippen molar-refractivity contribution >= 4 is 5.97 Å². The van der Waals surface area contributed by atoms with Crippen LogP contribution in [0.2, 0.25) is 0 Å². The number of ether oxygens (including phenoxy) is 1. The van der Waals surface area contributed by atoms with Crippen molar-refractivity contribution in [2.24, 2.45) is 22.7 Å². The average Bonchev–Trinajstić information content (AvgIpc) is 2.45. The molecule has 1 heterocycles. The van der Waals surface area contributed by atoms with Gasteiger partial charge in [-0.3, -0.25) is 4.79 Å². The number of carboxylic acid groups (broad SMARTS) is 1. The molecule has 0 aromatic heterocycles. The first kappa shape index (κ1) is 17.0. The summed E-state index contributed by atoms with van der Waals surface area (Å²) in [6.45, 7) is 12.7. The summed E-state index contributed by atoms with van der Waals surface area (Å²) >= 11 is 0. The van der Waals surface area contributed by atoms with E-state index in [-0.39, 0.29) is 22.5 Å². The summed E-state index contributed by atoms with van der Waals surface area (Å²) in [5.74, 6) is 0.0986. The fourth-order valence-electron chi connectivity index (χ4n) is 6.45. The van der Waals surface area contributed by atoms with Gasteiger partial charge < -0.3 is 9.84 Å². The van der Waals surface area contributed by atoms with Gasteiger partial charge in [0.1, 0.15) is 0 Å². The molecule has 0 radical (unpaired) electrons. The van der Waals surface area contributed by atoms with Gasteiger partial charge in [-0.1, -0.05) is 19.4 Å². The number of carbonyl (C=O) groups is 1. The summed E-state index contributed by atoms with van der Waals surface area (Å²) in [6.07, 6.45) is 8.94. The molecule has 0 spiro atoms. The average molecular weight is 320 g/mol. The quantitative estimate of drug-likeness (QED) is 0.743. The third-order valence-electron chi connectivity index (χ3n) is 7.76. The Morgan fingerprint density at radius 1 is 1.09 bits per heavy atom. The van der Waals surface area contributed by atoms with Gasteiger partial charge in [0.05, 0.1) is 16.6 Å². The molecule has 23 heavy (non-hydrogen) atoms. The predicted octanol–water partition coefficient (Wildman–Crippen LogP) is 4.81. The Kier molecular flexibility index (Phi) is 3.76. The van der Waals surface area contributed by atoms with Gasteiger partial charge in [0, 0.05) is 0 Å². The third-order valence-corrected chi connectivity index (χ3v) is 7.76. The number of aliphatic carboxylic acids is 1. The molecule has 1 aliphatic heterocycles. The SMILES string of the molecule is C=C[C@@]1(C)CC[C@H]2[C@@]3(C)CCC[C@](C)(C(=O)O)[C@H]3CC[C@@]2(C)O1. The van der Waals surface area contributed by atoms with E-state index in [2.05, 4.69) is 27.4 Å². The highest BCUT2D eigenvalue weighted by atomic mass is 16.5. The number of hydrogen-bond donors (Lipinski definition) is 1. The molecule has 0 unspecified atom stereocenters. The van der Waals surface area contributed by atoms with E-state index in [0.717, 1.165) is 44.9 Å². The van der Waals surface area contributed by atoms with Crippen molar-refractivity contribution in [2.45, 2.75) is 83.8 Å². The second kappa shape index (κ2) is 5.08. The van der Waals surface area contributed by atoms with Gasteiger partial charge in [-0.05, 0) is 76.5 Å². The number of carboxylic acids is 1. The van der Waals surface area contributed by atoms with E-state index in [1.165, 1.54) is 0 Å². The van der Waals surface area contributed by atoms with E-state index in [1.807, 2.05) is 13.0 Å². The van der Waals surface area contributed by atoms with Gasteiger partial charge in [-0.2, -0.15) is 0 Å². The minimum absolute atomic E-state index is 0.0703. The molecule has 3 heteroatoms. The van der Waals surface area contributed by atoms with E-state index in [0.29, 0.717) is 5.92 Å². The van der Waals surface area contributed by atoms with Crippen LogP contribution < -0.4 is 0 Å². The molecule has 3 rings (SSSR count). The van der Waals surface area contributed by atoms with Crippen molar-refractivity contribution < 1.29 is 14.6 Å². The zero-order valence-corrected chi connectivity index (χ0v) is 15.2. The smallest absolute Gasteiger partial charge is 0.309 e. The fourth-order valence-corrected chi connectivity index (χ4v) is 6.45. The van der Waals surface area contributed by atoms with Crippen molar-refractivity contribution in [1.29, 1.82) is 0 Å². The van der Waals surface area contributed by atoms with Crippen LogP contribution in [-0.4, -0.2) is 22.3 Å². The number of hydrogen-bond acceptors (Lipinski definition) is 2. The van der Waals surface area contributed by atoms with Crippen LogP contribution in [0.5, 0.6) is 0 Å². The Balaban J connectivity index is 1.97. The van der Waals surface area contributed by atoms with Crippen LogP contribution in [-0.2, 0) is 9.53 Å². The van der Waals surface area contributed by atoms with Crippen LogP contribution in [0.15, 0.2) is 12.7 Å². The fraction of sp³-hybridized carbons (Fsp3) is 0.850. The summed E-state index contributed by atoms with van der Waals surface area (Å²) in [7, 11) is 0. The van der Waals surface area contributed by atoms with Crippen LogP contribution in [0.3, 0.4) is 0 Å². The predicted molar refractivity (Wildman–Crippen MR) is 91.2 cm³/mol. The lowest BCUT2D eigenvalue weighted by atomic mass is 9.44. The summed E-state index contributed by atoms with van der Waals surface area (Å²) in [5.41, 5.74) is -0.892. The zero-order chi connectivity index (χ0) is 17.1. The molecular weight excluding hydrogens is 288 g/mol. The van der Waals surface area contributed by atoms with Gasteiger partial charge in [-0.15, -0.1) is 6.58 Å². The van der Waals surface area contributed by atoms with Crippen LogP contribution in [0.25, 0.3) is 0 Å². The van der Waals surface area contributed by atoms with Crippen molar-refractivity contribution in [3.8, 4) is 0 Å². The summed E-state index contributed by atoms with van der Waals surface area (Å²) in [4.78, 5) is 12.0. The molecule has 130 valence electrons. The van der Waals surface area contributed by atoms with Gasteiger partial charge >= 0.3 is 5.97 Å². The molecule has 3 fully saturated rings. The molecule has 2 saturated carbocycles. The first-order valence-electron chi connectivity index (χ1n) is 9.17. The largest absolute Gasteiger partial charge is 0.481 e. The second-order valence-corrected chi connectivity index (χ2v) is 9.20. The van der Waals surface area contributed by atoms with E-state index >= 15 is 0 Å². The lowest BCUT2D eigenvalue weighted by molar-refractivity contribution is -0.254. The molecule has 0 aromatic carbocycles. The van der Waals surface area contributed by atoms with E-state index in [9.17, 15) is 9.90 Å². The topological polar surface area (TPSA) is 46.5 Å².